The normalized spacial score (nSPS) is 11.5. The summed E-state index contributed by atoms with van der Waals surface area (Å²) in [5.41, 5.74) is 0.860. The second kappa shape index (κ2) is 5.46. The Hall–Kier alpha value is -0.870. The first-order chi connectivity index (χ1) is 7.38. The molecule has 0 fully saturated rings. The number of aryl methyl sites for hydroxylation is 1. The van der Waals surface area contributed by atoms with Gasteiger partial charge in [0.15, 0.2) is 0 Å². The third kappa shape index (κ3) is 4.77. The largest absolute Gasteiger partial charge is 0.459 e. The van der Waals surface area contributed by atoms with Crippen LogP contribution in [-0.2, 0) is 16.1 Å². The molecule has 90 valence electrons. The predicted molar refractivity (Wildman–Crippen MR) is 66.6 cm³/mol. The molecule has 0 unspecified atom stereocenters. The molecule has 1 heterocycles. The quantitative estimate of drug-likeness (QED) is 0.823. The lowest BCUT2D eigenvalue weighted by atomic mass is 10.2. The summed E-state index contributed by atoms with van der Waals surface area (Å²) in [6.45, 7) is 8.66. The lowest BCUT2D eigenvalue weighted by Crippen LogP contribution is -2.31. The minimum atomic E-state index is -0.405. The van der Waals surface area contributed by atoms with Crippen molar-refractivity contribution in [1.82, 2.24) is 5.32 Å². The number of hydrogen-bond donors (Lipinski definition) is 1. The molecule has 3 nitrogen and oxygen atoms in total. The van der Waals surface area contributed by atoms with E-state index >= 15 is 0 Å². The zero-order valence-corrected chi connectivity index (χ0v) is 11.1. The Morgan fingerprint density at radius 3 is 2.69 bits per heavy atom. The molecule has 0 bridgehead atoms. The van der Waals surface area contributed by atoms with Gasteiger partial charge >= 0.3 is 5.97 Å². The number of nitrogens with one attached hydrogen (secondary N) is 1. The molecule has 1 aromatic heterocycles. The molecule has 1 rings (SSSR count). The lowest BCUT2D eigenvalue weighted by molar-refractivity contribution is -0.153. The Bertz CT molecular complexity index is 352. The van der Waals surface area contributed by atoms with Crippen LogP contribution in [-0.4, -0.2) is 18.1 Å². The number of hydrogen-bond acceptors (Lipinski definition) is 4. The zero-order valence-electron chi connectivity index (χ0n) is 10.3. The molecule has 1 aromatic rings. The van der Waals surface area contributed by atoms with Gasteiger partial charge in [0.25, 0.3) is 0 Å². The first kappa shape index (κ1) is 13.2. The topological polar surface area (TPSA) is 38.3 Å². The number of thiophene rings is 1. The molecule has 0 radical (unpaired) electrons. The average molecular weight is 241 g/mol. The van der Waals surface area contributed by atoms with Crippen LogP contribution in [0.4, 0.5) is 0 Å². The number of rotatable bonds is 4. The van der Waals surface area contributed by atoms with E-state index in [1.54, 1.807) is 11.3 Å². The van der Waals surface area contributed by atoms with Crippen molar-refractivity contribution in [3.8, 4) is 0 Å². The SMILES string of the molecule is Cc1ccsc1CNCC(=O)OC(C)(C)C. The van der Waals surface area contributed by atoms with Crippen LogP contribution >= 0.6 is 11.3 Å². The first-order valence-electron chi connectivity index (χ1n) is 5.34. The van der Waals surface area contributed by atoms with Crippen LogP contribution in [0.5, 0.6) is 0 Å². The Kier molecular flexibility index (Phi) is 4.50. The summed E-state index contributed by atoms with van der Waals surface area (Å²) in [7, 11) is 0. The van der Waals surface area contributed by atoms with E-state index in [-0.39, 0.29) is 12.5 Å². The van der Waals surface area contributed by atoms with Crippen LogP contribution in [0, 0.1) is 6.92 Å². The summed E-state index contributed by atoms with van der Waals surface area (Å²) in [6.07, 6.45) is 0. The molecule has 0 amide bonds. The highest BCUT2D eigenvalue weighted by atomic mass is 32.1. The van der Waals surface area contributed by atoms with Crippen molar-refractivity contribution in [2.24, 2.45) is 0 Å². The molecule has 0 aliphatic carbocycles. The summed E-state index contributed by atoms with van der Waals surface area (Å²) in [6, 6.07) is 2.08. The molecule has 0 aromatic carbocycles. The van der Waals surface area contributed by atoms with Gasteiger partial charge in [0.1, 0.15) is 5.60 Å². The van der Waals surface area contributed by atoms with Gasteiger partial charge in [0.05, 0.1) is 6.54 Å². The standard InChI is InChI=1S/C12H19NO2S/c1-9-5-6-16-10(9)7-13-8-11(14)15-12(2,3)4/h5-6,13H,7-8H2,1-4H3. The zero-order chi connectivity index (χ0) is 12.2. The van der Waals surface area contributed by atoms with Gasteiger partial charge in [-0.3, -0.25) is 4.79 Å². The van der Waals surface area contributed by atoms with Crippen molar-refractivity contribution in [3.63, 3.8) is 0 Å². The fourth-order valence-corrected chi connectivity index (χ4v) is 2.12. The molecule has 0 aliphatic rings. The maximum Gasteiger partial charge on any atom is 0.320 e. The monoisotopic (exact) mass is 241 g/mol. The van der Waals surface area contributed by atoms with Crippen molar-refractivity contribution in [2.45, 2.75) is 39.8 Å². The van der Waals surface area contributed by atoms with Gasteiger partial charge in [0.2, 0.25) is 0 Å². The van der Waals surface area contributed by atoms with Crippen LogP contribution in [0.1, 0.15) is 31.2 Å². The van der Waals surface area contributed by atoms with Crippen LogP contribution in [0.3, 0.4) is 0 Å². The molecule has 0 saturated heterocycles. The maximum atomic E-state index is 11.4. The Balaban J connectivity index is 2.26. The minimum absolute atomic E-state index is 0.207. The molecule has 1 N–H and O–H groups in total. The van der Waals surface area contributed by atoms with Crippen molar-refractivity contribution >= 4 is 17.3 Å². The van der Waals surface area contributed by atoms with Gasteiger partial charge in [-0.25, -0.2) is 0 Å². The third-order valence-corrected chi connectivity index (χ3v) is 2.97. The number of esters is 1. The number of carbonyl (C=O) groups excluding carboxylic acids is 1. The van der Waals surface area contributed by atoms with Crippen LogP contribution in [0.15, 0.2) is 11.4 Å². The molecule has 4 heteroatoms. The van der Waals surface area contributed by atoms with E-state index in [0.29, 0.717) is 0 Å². The van der Waals surface area contributed by atoms with Crippen molar-refractivity contribution < 1.29 is 9.53 Å². The van der Waals surface area contributed by atoms with E-state index in [4.69, 9.17) is 4.74 Å². The highest BCUT2D eigenvalue weighted by molar-refractivity contribution is 7.10. The van der Waals surface area contributed by atoms with Gasteiger partial charge in [-0.2, -0.15) is 0 Å². The van der Waals surface area contributed by atoms with Gasteiger partial charge in [0, 0.05) is 11.4 Å². The molecule has 0 saturated carbocycles. The van der Waals surface area contributed by atoms with Gasteiger partial charge in [-0.05, 0) is 44.7 Å². The van der Waals surface area contributed by atoms with Crippen LogP contribution in [0.25, 0.3) is 0 Å². The third-order valence-electron chi connectivity index (χ3n) is 1.94. The van der Waals surface area contributed by atoms with Crippen molar-refractivity contribution in [2.75, 3.05) is 6.54 Å². The summed E-state index contributed by atoms with van der Waals surface area (Å²) in [5.74, 6) is -0.207. The van der Waals surface area contributed by atoms with Gasteiger partial charge in [-0.1, -0.05) is 0 Å². The predicted octanol–water partition coefficient (Wildman–Crippen LogP) is 2.49. The van der Waals surface area contributed by atoms with Crippen LogP contribution < -0.4 is 5.32 Å². The van der Waals surface area contributed by atoms with Crippen molar-refractivity contribution in [3.05, 3.63) is 21.9 Å². The molecular weight excluding hydrogens is 222 g/mol. The highest BCUT2D eigenvalue weighted by Gasteiger charge is 2.15. The lowest BCUT2D eigenvalue weighted by Gasteiger charge is -2.19. The molecule has 0 aliphatic heterocycles. The second-order valence-electron chi connectivity index (χ2n) is 4.72. The van der Waals surface area contributed by atoms with Gasteiger partial charge < -0.3 is 10.1 Å². The molecular formula is C12H19NO2S. The first-order valence-corrected chi connectivity index (χ1v) is 6.22. The Morgan fingerprint density at radius 1 is 1.50 bits per heavy atom. The average Bonchev–Trinajstić information content (AvgIpc) is 2.48. The highest BCUT2D eigenvalue weighted by Crippen LogP contribution is 2.14. The summed E-state index contributed by atoms with van der Waals surface area (Å²) >= 11 is 1.70. The Labute approximate surface area is 101 Å². The number of ether oxygens (including phenoxy) is 1. The number of carbonyl (C=O) groups is 1. The van der Waals surface area contributed by atoms with E-state index in [9.17, 15) is 4.79 Å². The minimum Gasteiger partial charge on any atom is -0.459 e. The molecule has 16 heavy (non-hydrogen) atoms. The molecule has 0 atom stereocenters. The van der Waals surface area contributed by atoms with E-state index in [1.165, 1.54) is 10.4 Å². The summed E-state index contributed by atoms with van der Waals surface area (Å²) in [4.78, 5) is 12.7. The van der Waals surface area contributed by atoms with E-state index < -0.39 is 5.60 Å². The summed E-state index contributed by atoms with van der Waals surface area (Å²) < 4.78 is 5.19. The second-order valence-corrected chi connectivity index (χ2v) is 5.72. The van der Waals surface area contributed by atoms with Crippen LogP contribution in [0.2, 0.25) is 0 Å². The maximum absolute atomic E-state index is 11.4. The van der Waals surface area contributed by atoms with Crippen molar-refractivity contribution in [1.29, 1.82) is 0 Å². The van der Waals surface area contributed by atoms with E-state index in [2.05, 4.69) is 23.7 Å². The summed E-state index contributed by atoms with van der Waals surface area (Å²) in [5, 5.41) is 5.14. The van der Waals surface area contributed by atoms with E-state index in [1.807, 2.05) is 20.8 Å². The fraction of sp³-hybridized carbons (Fsp3) is 0.583. The van der Waals surface area contributed by atoms with E-state index in [0.717, 1.165) is 6.54 Å². The molecule has 0 spiro atoms. The smallest absolute Gasteiger partial charge is 0.320 e. The fourth-order valence-electron chi connectivity index (χ4n) is 1.24. The Morgan fingerprint density at radius 2 is 2.19 bits per heavy atom. The van der Waals surface area contributed by atoms with Gasteiger partial charge in [-0.15, -0.1) is 11.3 Å².